The number of ether oxygens (including phenoxy) is 2. The summed E-state index contributed by atoms with van der Waals surface area (Å²) in [4.78, 5) is 112. The molecule has 0 bridgehead atoms. The average Bonchev–Trinajstić information content (AvgIpc) is 4.33. The third-order valence-electron chi connectivity index (χ3n) is 15.1. The molecule has 408 valence electrons. The van der Waals surface area contributed by atoms with Gasteiger partial charge in [-0.3, -0.25) is 33.7 Å². The number of hydrogen-bond donors (Lipinski definition) is 7. The molecule has 79 heavy (non-hydrogen) atoms. The summed E-state index contributed by atoms with van der Waals surface area (Å²) in [6.45, 7) is 0.768. The van der Waals surface area contributed by atoms with Crippen molar-refractivity contribution in [3.8, 4) is 22.5 Å². The van der Waals surface area contributed by atoms with E-state index in [1.165, 1.54) is 10.6 Å². The molecule has 2 aliphatic heterocycles. The number of benzene rings is 4. The first-order chi connectivity index (χ1) is 38.0. The average molecular weight is 1080 g/mol. The second-order valence-electron chi connectivity index (χ2n) is 20.2. The maximum Gasteiger partial charge on any atom is 0.407 e. The summed E-state index contributed by atoms with van der Waals surface area (Å²) in [5, 5.41) is 35.1. The fourth-order valence-electron chi connectivity index (χ4n) is 10.8. The lowest BCUT2D eigenvalue weighted by molar-refractivity contribution is -0.172. The van der Waals surface area contributed by atoms with Crippen LogP contribution in [-0.2, 0) is 70.0 Å². The SMILES string of the molecule is CC[C@@]1(O)C(=O)OCc2c1cc1n(c2=O)Cc2c-1nc1cc(F)c(C)cc1c2CNC(=O)[C@H](OCNC(=O)CNC(=O)[C@H](Cc1ccccc1)NC(=O)CNC(=O)CN(CC1c2ccccc2-c2ccccc21)C(=O)O)C1CC1. The first kappa shape index (κ1) is 53.6. The van der Waals surface area contributed by atoms with E-state index in [-0.39, 0.29) is 67.6 Å². The highest BCUT2D eigenvalue weighted by atomic mass is 19.1. The molecule has 4 aliphatic rings. The number of nitrogens with one attached hydrogen (secondary N) is 5. The van der Waals surface area contributed by atoms with Gasteiger partial charge in [0.25, 0.3) is 5.56 Å². The number of carbonyl (C=O) groups excluding carboxylic acids is 6. The molecule has 21 heteroatoms. The molecular weight excluding hydrogens is 1020 g/mol. The van der Waals surface area contributed by atoms with Crippen molar-refractivity contribution < 1.29 is 57.6 Å². The Bertz CT molecular complexity index is 3490. The van der Waals surface area contributed by atoms with Crippen LogP contribution in [0.5, 0.6) is 0 Å². The van der Waals surface area contributed by atoms with E-state index in [1.807, 2.05) is 48.5 Å². The van der Waals surface area contributed by atoms with E-state index in [1.54, 1.807) is 56.3 Å². The highest BCUT2D eigenvalue weighted by Gasteiger charge is 2.46. The molecule has 20 nitrogen and oxygen atoms in total. The van der Waals surface area contributed by atoms with Crippen molar-refractivity contribution >= 4 is 52.5 Å². The number of aliphatic hydroxyl groups is 1. The Morgan fingerprint density at radius 1 is 0.848 bits per heavy atom. The third-order valence-corrected chi connectivity index (χ3v) is 15.1. The lowest BCUT2D eigenvalue weighted by atomic mass is 9.86. The minimum Gasteiger partial charge on any atom is -0.465 e. The molecule has 0 unspecified atom stereocenters. The van der Waals surface area contributed by atoms with Crippen molar-refractivity contribution in [2.45, 2.75) is 82.9 Å². The minimum absolute atomic E-state index is 0.00312. The maximum absolute atomic E-state index is 15.1. The molecule has 6 aromatic rings. The largest absolute Gasteiger partial charge is 0.465 e. The summed E-state index contributed by atoms with van der Waals surface area (Å²) in [5.74, 6) is -5.21. The predicted octanol–water partition coefficient (Wildman–Crippen LogP) is 3.76. The molecule has 7 N–H and O–H groups in total. The van der Waals surface area contributed by atoms with Gasteiger partial charge in [0, 0.05) is 48.0 Å². The summed E-state index contributed by atoms with van der Waals surface area (Å²) in [6.07, 6.45) is -0.979. The number of pyridine rings is 2. The summed E-state index contributed by atoms with van der Waals surface area (Å²) < 4.78 is 27.7. The first-order valence-corrected chi connectivity index (χ1v) is 26.0. The first-order valence-electron chi connectivity index (χ1n) is 26.0. The molecular formula is C58H57FN8O12. The molecule has 2 aliphatic carbocycles. The van der Waals surface area contributed by atoms with Gasteiger partial charge >= 0.3 is 12.1 Å². The number of hydrogen-bond acceptors (Lipinski definition) is 12. The Morgan fingerprint density at radius 3 is 2.22 bits per heavy atom. The van der Waals surface area contributed by atoms with E-state index < -0.39 is 97.1 Å². The van der Waals surface area contributed by atoms with E-state index in [9.17, 15) is 48.6 Å². The molecule has 0 saturated heterocycles. The van der Waals surface area contributed by atoms with Crippen LogP contribution in [-0.4, -0.2) is 111 Å². The Balaban J connectivity index is 0.739. The number of rotatable bonds is 20. The van der Waals surface area contributed by atoms with E-state index >= 15 is 4.39 Å². The summed E-state index contributed by atoms with van der Waals surface area (Å²) in [5.41, 5.74) is 4.65. The Labute approximate surface area is 451 Å². The molecule has 6 amide bonds. The van der Waals surface area contributed by atoms with Crippen LogP contribution in [0.25, 0.3) is 33.4 Å². The van der Waals surface area contributed by atoms with Crippen LogP contribution in [0.15, 0.2) is 102 Å². The molecule has 4 heterocycles. The summed E-state index contributed by atoms with van der Waals surface area (Å²) in [6, 6.07) is 27.4. The number of amides is 6. The van der Waals surface area contributed by atoms with Gasteiger partial charge in [-0.05, 0) is 83.2 Å². The van der Waals surface area contributed by atoms with Crippen molar-refractivity contribution in [3.05, 3.63) is 158 Å². The summed E-state index contributed by atoms with van der Waals surface area (Å²) >= 11 is 0. The second-order valence-corrected chi connectivity index (χ2v) is 20.2. The smallest absolute Gasteiger partial charge is 0.407 e. The summed E-state index contributed by atoms with van der Waals surface area (Å²) in [7, 11) is 0. The molecule has 10 rings (SSSR count). The maximum atomic E-state index is 15.1. The van der Waals surface area contributed by atoms with Crippen LogP contribution in [0.2, 0.25) is 0 Å². The number of cyclic esters (lactones) is 1. The molecule has 1 saturated carbocycles. The van der Waals surface area contributed by atoms with E-state index in [4.69, 9.17) is 14.5 Å². The van der Waals surface area contributed by atoms with Gasteiger partial charge in [0.1, 0.15) is 37.8 Å². The predicted molar refractivity (Wildman–Crippen MR) is 283 cm³/mol. The van der Waals surface area contributed by atoms with Crippen molar-refractivity contribution in [2.24, 2.45) is 5.92 Å². The number of halogens is 1. The molecule has 0 radical (unpaired) electrons. The number of carboxylic acid groups (broad SMARTS) is 1. The quantitative estimate of drug-likeness (QED) is 0.0424. The van der Waals surface area contributed by atoms with Crippen molar-refractivity contribution in [1.82, 2.24) is 41.0 Å². The lowest BCUT2D eigenvalue weighted by Gasteiger charge is -2.31. The minimum atomic E-state index is -2.06. The van der Waals surface area contributed by atoms with Crippen LogP contribution >= 0.6 is 0 Å². The number of aromatic nitrogens is 2. The van der Waals surface area contributed by atoms with E-state index in [0.717, 1.165) is 27.2 Å². The second kappa shape index (κ2) is 22.3. The zero-order valence-electron chi connectivity index (χ0n) is 43.2. The number of fused-ring (bicyclic) bond motifs is 8. The van der Waals surface area contributed by atoms with Crippen molar-refractivity contribution in [2.75, 3.05) is 32.9 Å². The van der Waals surface area contributed by atoms with Gasteiger partial charge in [-0.15, -0.1) is 0 Å². The molecule has 0 spiro atoms. The van der Waals surface area contributed by atoms with Gasteiger partial charge in [-0.25, -0.2) is 19.0 Å². The van der Waals surface area contributed by atoms with Crippen LogP contribution in [0.3, 0.4) is 0 Å². The van der Waals surface area contributed by atoms with Gasteiger partial charge in [0.15, 0.2) is 5.60 Å². The van der Waals surface area contributed by atoms with Crippen molar-refractivity contribution in [3.63, 3.8) is 0 Å². The van der Waals surface area contributed by atoms with Crippen molar-refractivity contribution in [1.29, 1.82) is 0 Å². The van der Waals surface area contributed by atoms with Crippen LogP contribution in [0, 0.1) is 18.7 Å². The van der Waals surface area contributed by atoms with Gasteiger partial charge in [0.2, 0.25) is 29.5 Å². The standard InChI is InChI=1S/C58H57FN8O12/c1-3-58(77)43-21-47-51-41(27-67(47)55(73)42(43)29-78-56(58)74)39(38-19-31(2)44(59)22-45(38)65-51)23-61-54(72)52(33-17-18-33)79-30-63-48(68)24-62-53(71)46(20-32-11-5-4-6-12-32)64-49(69)25-60-50(70)28-66(57(75)76)26-40-36-15-9-7-13-34(36)35-14-8-10-16-37(35)40/h4-16,19,21-22,33,40,46,52,77H,3,17-18,20,23-30H2,1-2H3,(H,60,70)(H,61,72)(H,62,71)(H,63,68)(H,64,69)(H,75,76)/t46-,52+,58-/m0/s1. The van der Waals surface area contributed by atoms with Gasteiger partial charge in [-0.1, -0.05) is 85.8 Å². The number of aryl methyl sites for hydroxylation is 1. The lowest BCUT2D eigenvalue weighted by Crippen LogP contribution is -2.52. The highest BCUT2D eigenvalue weighted by Crippen LogP contribution is 2.45. The topological polar surface area (TPSA) is 277 Å². The van der Waals surface area contributed by atoms with E-state index in [2.05, 4.69) is 26.6 Å². The van der Waals surface area contributed by atoms with Gasteiger partial charge in [0.05, 0.1) is 42.1 Å². The molecule has 3 atom stereocenters. The number of nitrogens with zero attached hydrogens (tertiary/aromatic N) is 3. The van der Waals surface area contributed by atoms with Crippen LogP contribution in [0.1, 0.15) is 76.6 Å². The molecule has 2 aromatic heterocycles. The zero-order chi connectivity index (χ0) is 55.7. The zero-order valence-corrected chi connectivity index (χ0v) is 43.2. The Morgan fingerprint density at radius 2 is 1.53 bits per heavy atom. The van der Waals surface area contributed by atoms with Gasteiger partial charge < -0.3 is 50.8 Å². The number of esters is 1. The number of carbonyl (C=O) groups is 7. The fourth-order valence-corrected chi connectivity index (χ4v) is 10.8. The highest BCUT2D eigenvalue weighted by molar-refractivity contribution is 5.93. The van der Waals surface area contributed by atoms with E-state index in [0.29, 0.717) is 51.9 Å². The van der Waals surface area contributed by atoms with Gasteiger partial charge in [-0.2, -0.15) is 0 Å². The monoisotopic (exact) mass is 1080 g/mol. The Hall–Kier alpha value is -8.82. The van der Waals surface area contributed by atoms with Crippen LogP contribution < -0.4 is 32.1 Å². The Kier molecular flexibility index (Phi) is 15.1. The normalized spacial score (nSPS) is 16.5. The third kappa shape index (κ3) is 10.9. The van der Waals surface area contributed by atoms with Crippen LogP contribution in [0.4, 0.5) is 9.18 Å². The fraction of sp³-hybridized carbons (Fsp3) is 0.328. The molecule has 4 aromatic carbocycles. The molecule has 1 fully saturated rings.